The summed E-state index contributed by atoms with van der Waals surface area (Å²) in [6.07, 6.45) is 6.72. The first kappa shape index (κ1) is 19.6. The molecule has 0 aromatic carbocycles. The average Bonchev–Trinajstić information content (AvgIpc) is 3.24. The molecule has 0 unspecified atom stereocenters. The van der Waals surface area contributed by atoms with Gasteiger partial charge in [0.2, 0.25) is 10.0 Å². The molecule has 1 aromatic heterocycles. The molecule has 152 valence electrons. The van der Waals surface area contributed by atoms with Crippen molar-refractivity contribution >= 4 is 21.6 Å². The molecule has 1 aliphatic carbocycles. The third-order valence-electron chi connectivity index (χ3n) is 6.39. The maximum Gasteiger partial charge on any atom is 0.248 e. The molecule has 2 aliphatic heterocycles. The van der Waals surface area contributed by atoms with Gasteiger partial charge in [-0.15, -0.1) is 0 Å². The molecule has 3 heterocycles. The van der Waals surface area contributed by atoms with Crippen molar-refractivity contribution in [3.05, 3.63) is 10.8 Å². The SMILES string of the molecule is Cc1nn(C)c(Cl)c1S(=O)(=O)N1CCO[C@]2(CCCC[C@@H]2N2CCCC2)C1. The van der Waals surface area contributed by atoms with Crippen LogP contribution in [0.25, 0.3) is 0 Å². The van der Waals surface area contributed by atoms with Crippen molar-refractivity contribution in [2.24, 2.45) is 7.05 Å². The summed E-state index contributed by atoms with van der Waals surface area (Å²) in [5, 5.41) is 4.37. The van der Waals surface area contributed by atoms with Gasteiger partial charge in [0.25, 0.3) is 0 Å². The Hall–Kier alpha value is -0.670. The van der Waals surface area contributed by atoms with E-state index in [0.29, 0.717) is 31.4 Å². The van der Waals surface area contributed by atoms with E-state index < -0.39 is 15.6 Å². The summed E-state index contributed by atoms with van der Waals surface area (Å²) in [6.45, 7) is 5.08. The van der Waals surface area contributed by atoms with Crippen molar-refractivity contribution in [1.29, 1.82) is 0 Å². The van der Waals surface area contributed by atoms with Crippen molar-refractivity contribution < 1.29 is 13.2 Å². The fourth-order valence-electron chi connectivity index (χ4n) is 5.12. The van der Waals surface area contributed by atoms with E-state index in [0.717, 1.165) is 32.4 Å². The predicted octanol–water partition coefficient (Wildman–Crippen LogP) is 2.18. The van der Waals surface area contributed by atoms with E-state index in [9.17, 15) is 8.42 Å². The summed E-state index contributed by atoms with van der Waals surface area (Å²) >= 11 is 6.28. The van der Waals surface area contributed by atoms with Crippen LogP contribution in [0.15, 0.2) is 4.90 Å². The van der Waals surface area contributed by atoms with E-state index in [2.05, 4.69) is 10.00 Å². The van der Waals surface area contributed by atoms with Crippen molar-refractivity contribution in [1.82, 2.24) is 19.0 Å². The fourth-order valence-corrected chi connectivity index (χ4v) is 7.31. The van der Waals surface area contributed by atoms with Crippen LogP contribution in [0.1, 0.15) is 44.2 Å². The van der Waals surface area contributed by atoms with Crippen LogP contribution in [0.5, 0.6) is 0 Å². The van der Waals surface area contributed by atoms with Gasteiger partial charge in [0.15, 0.2) is 0 Å². The number of morpholine rings is 1. The monoisotopic (exact) mass is 416 g/mol. The highest BCUT2D eigenvalue weighted by Gasteiger charge is 2.50. The highest BCUT2D eigenvalue weighted by atomic mass is 35.5. The standard InChI is InChI=1S/C18H29ClN4O3S/c1-14-16(17(19)21(2)20-14)27(24,25)23-11-12-26-18(13-23)8-4-3-7-15(18)22-9-5-6-10-22/h15H,3-13H2,1-2H3/t15-,18+/m0/s1. The third-order valence-corrected chi connectivity index (χ3v) is 8.93. The Labute approximate surface area is 166 Å². The number of nitrogens with zero attached hydrogens (tertiary/aromatic N) is 4. The maximum atomic E-state index is 13.4. The number of hydrogen-bond donors (Lipinski definition) is 0. The summed E-state index contributed by atoms with van der Waals surface area (Å²) in [7, 11) is -2.04. The van der Waals surface area contributed by atoms with Crippen molar-refractivity contribution in [3.63, 3.8) is 0 Å². The molecule has 0 N–H and O–H groups in total. The van der Waals surface area contributed by atoms with Crippen LogP contribution in [0.4, 0.5) is 0 Å². The lowest BCUT2D eigenvalue weighted by Gasteiger charge is -2.51. The largest absolute Gasteiger partial charge is 0.371 e. The zero-order valence-electron chi connectivity index (χ0n) is 16.2. The molecule has 1 saturated carbocycles. The van der Waals surface area contributed by atoms with E-state index in [1.54, 1.807) is 18.3 Å². The zero-order valence-corrected chi connectivity index (χ0v) is 17.7. The number of aryl methyl sites for hydroxylation is 2. The van der Waals surface area contributed by atoms with Gasteiger partial charge in [-0.2, -0.15) is 9.40 Å². The molecule has 1 aromatic rings. The number of rotatable bonds is 3. The number of likely N-dealkylation sites (tertiary alicyclic amines) is 1. The maximum absolute atomic E-state index is 13.4. The minimum atomic E-state index is -3.71. The van der Waals surface area contributed by atoms with Gasteiger partial charge in [-0.25, -0.2) is 8.42 Å². The van der Waals surface area contributed by atoms with Gasteiger partial charge in [-0.05, 0) is 45.7 Å². The first-order chi connectivity index (χ1) is 12.8. The summed E-state index contributed by atoms with van der Waals surface area (Å²) in [4.78, 5) is 2.66. The molecule has 3 aliphatic rings. The summed E-state index contributed by atoms with van der Waals surface area (Å²) in [6, 6.07) is 0.303. The Kier molecular flexibility index (Phi) is 5.31. The Balaban J connectivity index is 1.65. The molecular formula is C18H29ClN4O3S. The van der Waals surface area contributed by atoms with Crippen molar-refractivity contribution in [3.8, 4) is 0 Å². The smallest absolute Gasteiger partial charge is 0.248 e. The van der Waals surface area contributed by atoms with Gasteiger partial charge in [0.1, 0.15) is 10.0 Å². The first-order valence-electron chi connectivity index (χ1n) is 9.92. The molecule has 3 fully saturated rings. The molecule has 0 amide bonds. The summed E-state index contributed by atoms with van der Waals surface area (Å²) < 4.78 is 36.2. The highest BCUT2D eigenvalue weighted by Crippen LogP contribution is 2.40. The van der Waals surface area contributed by atoms with Gasteiger partial charge in [0, 0.05) is 26.2 Å². The van der Waals surface area contributed by atoms with E-state index in [4.69, 9.17) is 16.3 Å². The van der Waals surface area contributed by atoms with Gasteiger partial charge >= 0.3 is 0 Å². The van der Waals surface area contributed by atoms with Crippen LogP contribution in [0, 0.1) is 6.92 Å². The van der Waals surface area contributed by atoms with Crippen LogP contribution in [0.2, 0.25) is 5.15 Å². The topological polar surface area (TPSA) is 67.7 Å². The minimum absolute atomic E-state index is 0.136. The molecule has 27 heavy (non-hydrogen) atoms. The molecule has 0 bridgehead atoms. The molecule has 1 spiro atoms. The van der Waals surface area contributed by atoms with Crippen LogP contribution in [-0.2, 0) is 21.8 Å². The second-order valence-electron chi connectivity index (χ2n) is 8.09. The minimum Gasteiger partial charge on any atom is -0.371 e. The zero-order chi connectivity index (χ0) is 19.2. The quantitative estimate of drug-likeness (QED) is 0.755. The summed E-state index contributed by atoms with van der Waals surface area (Å²) in [5.41, 5.74) is 0.0408. The molecule has 7 nitrogen and oxygen atoms in total. The van der Waals surface area contributed by atoms with Gasteiger partial charge in [-0.3, -0.25) is 9.58 Å². The number of ether oxygens (including phenoxy) is 1. The average molecular weight is 417 g/mol. The Morgan fingerprint density at radius 1 is 1.19 bits per heavy atom. The van der Waals surface area contributed by atoms with Gasteiger partial charge in [0.05, 0.1) is 17.9 Å². The Bertz CT molecular complexity index is 802. The lowest BCUT2D eigenvalue weighted by molar-refractivity contribution is -0.149. The molecule has 2 atom stereocenters. The number of halogens is 1. The molecular weight excluding hydrogens is 388 g/mol. The van der Waals surface area contributed by atoms with Crippen molar-refractivity contribution in [2.75, 3.05) is 32.8 Å². The van der Waals surface area contributed by atoms with Crippen LogP contribution in [0.3, 0.4) is 0 Å². The van der Waals surface area contributed by atoms with E-state index in [1.807, 2.05) is 0 Å². The van der Waals surface area contributed by atoms with E-state index in [1.165, 1.54) is 23.9 Å². The van der Waals surface area contributed by atoms with Crippen LogP contribution >= 0.6 is 11.6 Å². The van der Waals surface area contributed by atoms with Crippen LogP contribution < -0.4 is 0 Å². The molecule has 2 saturated heterocycles. The summed E-state index contributed by atoms with van der Waals surface area (Å²) in [5.74, 6) is 0. The lowest BCUT2D eigenvalue weighted by Crippen LogP contribution is -2.64. The van der Waals surface area contributed by atoms with E-state index in [-0.39, 0.29) is 10.0 Å². The second kappa shape index (κ2) is 7.30. The highest BCUT2D eigenvalue weighted by molar-refractivity contribution is 7.89. The third kappa shape index (κ3) is 3.33. The van der Waals surface area contributed by atoms with Crippen LogP contribution in [-0.4, -0.2) is 71.8 Å². The molecule has 4 rings (SSSR count). The molecule has 0 radical (unpaired) electrons. The van der Waals surface area contributed by atoms with Gasteiger partial charge < -0.3 is 4.74 Å². The number of hydrogen-bond acceptors (Lipinski definition) is 5. The predicted molar refractivity (Wildman–Crippen MR) is 103 cm³/mol. The second-order valence-corrected chi connectivity index (χ2v) is 10.3. The lowest BCUT2D eigenvalue weighted by atomic mass is 9.78. The van der Waals surface area contributed by atoms with Crippen molar-refractivity contribution in [2.45, 2.75) is 62.0 Å². The Morgan fingerprint density at radius 2 is 1.93 bits per heavy atom. The Morgan fingerprint density at radius 3 is 2.59 bits per heavy atom. The number of sulfonamides is 1. The first-order valence-corrected chi connectivity index (χ1v) is 11.7. The van der Waals surface area contributed by atoms with Gasteiger partial charge in [-0.1, -0.05) is 24.4 Å². The number of aromatic nitrogens is 2. The fraction of sp³-hybridized carbons (Fsp3) is 0.833. The molecule has 9 heteroatoms. The van der Waals surface area contributed by atoms with E-state index >= 15 is 0 Å². The normalized spacial score (nSPS) is 31.0.